The zero-order chi connectivity index (χ0) is 17.4. The van der Waals surface area contributed by atoms with Crippen LogP contribution in [0.25, 0.3) is 0 Å². The number of allylic oxidation sites excluding steroid dienone is 5. The van der Waals surface area contributed by atoms with Crippen molar-refractivity contribution in [3.63, 3.8) is 0 Å². The van der Waals surface area contributed by atoms with Gasteiger partial charge in [-0.05, 0) is 72.6 Å². The van der Waals surface area contributed by atoms with Crippen LogP contribution in [0.1, 0.15) is 73.6 Å². The van der Waals surface area contributed by atoms with Gasteiger partial charge < -0.3 is 10.2 Å². The molecule has 0 saturated heterocycles. The molecule has 2 nitrogen and oxygen atoms in total. The first-order chi connectivity index (χ1) is 10.3. The van der Waals surface area contributed by atoms with Crippen LogP contribution in [0.3, 0.4) is 0 Å². The van der Waals surface area contributed by atoms with Crippen LogP contribution in [0.15, 0.2) is 34.9 Å². The molecule has 130 valence electrons. The van der Waals surface area contributed by atoms with Gasteiger partial charge in [-0.2, -0.15) is 0 Å². The van der Waals surface area contributed by atoms with Gasteiger partial charge in [-0.25, -0.2) is 0 Å². The Hall–Kier alpha value is -0.860. The molecule has 22 heavy (non-hydrogen) atoms. The Morgan fingerprint density at radius 1 is 0.818 bits per heavy atom. The molecule has 0 bridgehead atoms. The Morgan fingerprint density at radius 3 is 1.82 bits per heavy atom. The maximum absolute atomic E-state index is 8.63. The van der Waals surface area contributed by atoms with E-state index >= 15 is 0 Å². The molecule has 0 aliphatic rings. The molecule has 0 saturated carbocycles. The van der Waals surface area contributed by atoms with Gasteiger partial charge in [0, 0.05) is 6.61 Å². The van der Waals surface area contributed by atoms with Crippen molar-refractivity contribution in [3.8, 4) is 0 Å². The van der Waals surface area contributed by atoms with E-state index in [9.17, 15) is 0 Å². The fourth-order valence-electron chi connectivity index (χ4n) is 1.87. The highest BCUT2D eigenvalue weighted by Gasteiger charge is 1.98. The minimum atomic E-state index is 0.167. The van der Waals surface area contributed by atoms with Crippen LogP contribution in [-0.2, 0) is 0 Å². The number of rotatable bonds is 9. The standard InChI is InChI=1S/C10H20O.C10H18O/c2*1-9(2)5-4-6-10(3)7-8-11/h5,10-11H,4,6-8H2,1-3H3;5,7,11H,4,6,8H2,1-3H3. The zero-order valence-corrected chi connectivity index (χ0v) is 15.7. The molecule has 1 unspecified atom stereocenters. The summed E-state index contributed by atoms with van der Waals surface area (Å²) in [6, 6.07) is 0. The van der Waals surface area contributed by atoms with Gasteiger partial charge in [-0.3, -0.25) is 0 Å². The zero-order valence-electron chi connectivity index (χ0n) is 15.7. The molecule has 0 fully saturated rings. The first-order valence-electron chi connectivity index (χ1n) is 8.47. The van der Waals surface area contributed by atoms with Crippen molar-refractivity contribution in [2.24, 2.45) is 5.92 Å². The summed E-state index contributed by atoms with van der Waals surface area (Å²) in [6.07, 6.45) is 11.8. The monoisotopic (exact) mass is 310 g/mol. The second-order valence-electron chi connectivity index (χ2n) is 6.53. The van der Waals surface area contributed by atoms with E-state index in [-0.39, 0.29) is 6.61 Å². The van der Waals surface area contributed by atoms with Crippen molar-refractivity contribution in [2.75, 3.05) is 13.2 Å². The summed E-state index contributed by atoms with van der Waals surface area (Å²) in [5, 5.41) is 17.2. The third kappa shape index (κ3) is 21.4. The molecule has 2 heteroatoms. The molecule has 0 aliphatic carbocycles. The lowest BCUT2D eigenvalue weighted by Gasteiger charge is -2.06. The molecule has 0 amide bonds. The minimum Gasteiger partial charge on any atom is -0.396 e. The number of hydrogen-bond donors (Lipinski definition) is 2. The van der Waals surface area contributed by atoms with E-state index in [4.69, 9.17) is 10.2 Å². The molecule has 0 aromatic rings. The second kappa shape index (κ2) is 16.5. The van der Waals surface area contributed by atoms with Crippen LogP contribution >= 0.6 is 0 Å². The summed E-state index contributed by atoms with van der Waals surface area (Å²) in [6.45, 7) is 13.2. The molecule has 1 atom stereocenters. The summed E-state index contributed by atoms with van der Waals surface area (Å²) in [5.41, 5.74) is 4.02. The normalized spacial score (nSPS) is 12.1. The predicted molar refractivity (Wildman–Crippen MR) is 99.0 cm³/mol. The highest BCUT2D eigenvalue weighted by Crippen LogP contribution is 2.10. The Bertz CT molecular complexity index is 330. The van der Waals surface area contributed by atoms with Gasteiger partial charge in [0.1, 0.15) is 0 Å². The van der Waals surface area contributed by atoms with E-state index in [1.807, 2.05) is 6.08 Å². The Balaban J connectivity index is 0. The van der Waals surface area contributed by atoms with Crippen LogP contribution in [0.2, 0.25) is 0 Å². The molecule has 0 radical (unpaired) electrons. The lowest BCUT2D eigenvalue weighted by atomic mass is 10.0. The predicted octanol–water partition coefficient (Wildman–Crippen LogP) is 5.42. The van der Waals surface area contributed by atoms with E-state index in [1.54, 1.807) is 0 Å². The summed E-state index contributed by atoms with van der Waals surface area (Å²) in [7, 11) is 0. The van der Waals surface area contributed by atoms with Gasteiger partial charge in [0.2, 0.25) is 0 Å². The smallest absolute Gasteiger partial charge is 0.0614 e. The van der Waals surface area contributed by atoms with E-state index in [0.29, 0.717) is 12.5 Å². The summed E-state index contributed by atoms with van der Waals surface area (Å²) >= 11 is 0. The molecule has 0 aliphatic heterocycles. The third-order valence-corrected chi connectivity index (χ3v) is 3.36. The Morgan fingerprint density at radius 2 is 1.36 bits per heavy atom. The van der Waals surface area contributed by atoms with Crippen molar-refractivity contribution < 1.29 is 10.2 Å². The molecule has 0 rings (SSSR count). The maximum atomic E-state index is 8.63. The minimum absolute atomic E-state index is 0.167. The first-order valence-corrected chi connectivity index (χ1v) is 8.47. The van der Waals surface area contributed by atoms with E-state index in [0.717, 1.165) is 25.7 Å². The topological polar surface area (TPSA) is 40.5 Å². The average molecular weight is 311 g/mol. The molecule has 0 spiro atoms. The van der Waals surface area contributed by atoms with Gasteiger partial charge in [0.25, 0.3) is 0 Å². The van der Waals surface area contributed by atoms with Crippen LogP contribution in [0.4, 0.5) is 0 Å². The third-order valence-electron chi connectivity index (χ3n) is 3.36. The fourth-order valence-corrected chi connectivity index (χ4v) is 1.87. The van der Waals surface area contributed by atoms with Crippen molar-refractivity contribution in [1.82, 2.24) is 0 Å². The fraction of sp³-hybridized carbons (Fsp3) is 0.700. The lowest BCUT2D eigenvalue weighted by Crippen LogP contribution is -1.96. The molecule has 0 aromatic carbocycles. The van der Waals surface area contributed by atoms with E-state index in [1.165, 1.54) is 23.1 Å². The van der Waals surface area contributed by atoms with Crippen molar-refractivity contribution >= 4 is 0 Å². The quantitative estimate of drug-likeness (QED) is 0.558. The van der Waals surface area contributed by atoms with Gasteiger partial charge in [-0.15, -0.1) is 0 Å². The second-order valence-corrected chi connectivity index (χ2v) is 6.53. The molecule has 0 heterocycles. The van der Waals surface area contributed by atoms with Crippen LogP contribution in [0, 0.1) is 5.92 Å². The highest BCUT2D eigenvalue weighted by molar-refractivity contribution is 5.01. The van der Waals surface area contributed by atoms with Crippen molar-refractivity contribution in [3.05, 3.63) is 34.9 Å². The molecule has 0 aromatic heterocycles. The maximum Gasteiger partial charge on any atom is 0.0614 e. The SMILES string of the molecule is CC(C)=CCCC(C)=CCO.CC(C)=CCCC(C)CCO. The van der Waals surface area contributed by atoms with Gasteiger partial charge in [0.15, 0.2) is 0 Å². The molecular formula is C20H38O2. The summed E-state index contributed by atoms with van der Waals surface area (Å²) < 4.78 is 0. The molecular weight excluding hydrogens is 272 g/mol. The largest absolute Gasteiger partial charge is 0.396 e. The van der Waals surface area contributed by atoms with Gasteiger partial charge in [0.05, 0.1) is 6.61 Å². The highest BCUT2D eigenvalue weighted by atomic mass is 16.3. The Labute approximate surface area is 138 Å². The van der Waals surface area contributed by atoms with Crippen molar-refractivity contribution in [2.45, 2.75) is 73.6 Å². The number of hydrogen-bond acceptors (Lipinski definition) is 2. The number of aliphatic hydroxyl groups excluding tert-OH is 2. The average Bonchev–Trinajstić information content (AvgIpc) is 2.39. The summed E-state index contributed by atoms with van der Waals surface area (Å²) in [4.78, 5) is 0. The van der Waals surface area contributed by atoms with Crippen LogP contribution in [-0.4, -0.2) is 23.4 Å². The molecule has 2 N–H and O–H groups in total. The van der Waals surface area contributed by atoms with Crippen LogP contribution < -0.4 is 0 Å². The van der Waals surface area contributed by atoms with Gasteiger partial charge in [-0.1, -0.05) is 41.9 Å². The van der Waals surface area contributed by atoms with E-state index < -0.39 is 0 Å². The lowest BCUT2D eigenvalue weighted by molar-refractivity contribution is 0.259. The van der Waals surface area contributed by atoms with Crippen LogP contribution in [0.5, 0.6) is 0 Å². The van der Waals surface area contributed by atoms with Gasteiger partial charge >= 0.3 is 0 Å². The Kier molecular flexibility index (Phi) is 17.6. The van der Waals surface area contributed by atoms with Crippen molar-refractivity contribution in [1.29, 1.82) is 0 Å². The first kappa shape index (κ1) is 23.4. The summed E-state index contributed by atoms with van der Waals surface area (Å²) in [5.74, 6) is 0.663. The van der Waals surface area contributed by atoms with E-state index in [2.05, 4.69) is 53.7 Å². The number of aliphatic hydroxyl groups is 2.